The van der Waals surface area contributed by atoms with Gasteiger partial charge in [-0.2, -0.15) is 5.10 Å². The highest BCUT2D eigenvalue weighted by atomic mass is 32.1. The van der Waals surface area contributed by atoms with E-state index >= 15 is 4.39 Å². The lowest BCUT2D eigenvalue weighted by molar-refractivity contribution is -0.142. The van der Waals surface area contributed by atoms with Crippen molar-refractivity contribution >= 4 is 56.7 Å². The largest absolute Gasteiger partial charge is 0.486 e. The zero-order valence-corrected chi connectivity index (χ0v) is 55.3. The van der Waals surface area contributed by atoms with Gasteiger partial charge < -0.3 is 54.3 Å². The summed E-state index contributed by atoms with van der Waals surface area (Å²) in [6, 6.07) is 18.1. The van der Waals surface area contributed by atoms with Crippen LogP contribution in [0.5, 0.6) is 11.6 Å². The molecule has 4 fully saturated rings. The number of anilines is 1. The molecular weight excluding hydrogens is 1210 g/mol. The summed E-state index contributed by atoms with van der Waals surface area (Å²) in [6.07, 6.45) is 5.46. The summed E-state index contributed by atoms with van der Waals surface area (Å²) in [5.74, 6) is -0.827. The number of benzene rings is 4. The lowest BCUT2D eigenvalue weighted by atomic mass is 9.88. The van der Waals surface area contributed by atoms with Crippen LogP contribution in [0, 0.1) is 25.6 Å². The fraction of sp³-hybridized carbons (Fsp3) is 0.486. The number of pyridine rings is 1. The molecule has 23 heteroatoms. The SMILES string of the molecule is Cc1ncsc1-c1ccc([C@H](CO)NC(=O)[C@@H]2C[C@@H](O)CN2C(=O)[C@H](C(C)C)n2cc(-c3ccc(COc4c(-c5c(C)c(F)cc6c5cnn6C5CCCCO5)c(C5CC5)cc5c(N(C)[C@H]6CCN(C(=O)OC(C)(C)C)C6)cc(O[C@@H](C)[C@H](C)O)nc45)cc3)nn2)cc1. The number of thiazole rings is 1. The predicted octanol–water partition coefficient (Wildman–Crippen LogP) is 11.1. The summed E-state index contributed by atoms with van der Waals surface area (Å²) in [4.78, 5) is 58.3. The molecule has 7 heterocycles. The Labute approximate surface area is 544 Å². The van der Waals surface area contributed by atoms with Crippen molar-refractivity contribution in [3.8, 4) is 44.5 Å². The molecule has 0 spiro atoms. The molecule has 1 saturated carbocycles. The zero-order chi connectivity index (χ0) is 65.7. The van der Waals surface area contributed by atoms with Gasteiger partial charge in [0.15, 0.2) is 12.0 Å². The minimum Gasteiger partial charge on any atom is -0.486 e. The third kappa shape index (κ3) is 13.5. The first-order chi connectivity index (χ1) is 44.5. The second kappa shape index (κ2) is 26.7. The third-order valence-electron chi connectivity index (χ3n) is 18.6. The number of likely N-dealkylation sites (N-methyl/N-ethyl adjacent to an activating group) is 1. The number of aliphatic hydroxyl groups excluding tert-OH is 3. The van der Waals surface area contributed by atoms with Gasteiger partial charge in [0, 0.05) is 85.3 Å². The van der Waals surface area contributed by atoms with Gasteiger partial charge in [0.25, 0.3) is 0 Å². The maximum atomic E-state index is 17.0. The van der Waals surface area contributed by atoms with Gasteiger partial charge in [0.05, 0.1) is 64.5 Å². The fourth-order valence-electron chi connectivity index (χ4n) is 13.1. The first-order valence-corrected chi connectivity index (χ1v) is 33.3. The number of nitrogens with one attached hydrogen (secondary N) is 1. The van der Waals surface area contributed by atoms with Gasteiger partial charge >= 0.3 is 6.09 Å². The topological polar surface area (TPSA) is 245 Å². The Morgan fingerprint density at radius 1 is 0.935 bits per heavy atom. The van der Waals surface area contributed by atoms with Crippen LogP contribution < -0.4 is 19.7 Å². The number of aryl methyl sites for hydroxylation is 1. The molecule has 93 heavy (non-hydrogen) atoms. The number of aromatic nitrogens is 7. The summed E-state index contributed by atoms with van der Waals surface area (Å²) >= 11 is 1.53. The van der Waals surface area contributed by atoms with Gasteiger partial charge in [-0.3, -0.25) is 9.59 Å². The van der Waals surface area contributed by atoms with E-state index in [1.54, 1.807) is 54.3 Å². The first kappa shape index (κ1) is 65.0. The van der Waals surface area contributed by atoms with E-state index in [2.05, 4.69) is 31.6 Å². The smallest absolute Gasteiger partial charge is 0.410 e. The van der Waals surface area contributed by atoms with Crippen LogP contribution >= 0.6 is 11.3 Å². The quantitative estimate of drug-likeness (QED) is 0.0554. The van der Waals surface area contributed by atoms with E-state index in [-0.39, 0.29) is 62.3 Å². The Morgan fingerprint density at radius 2 is 1.69 bits per heavy atom. The highest BCUT2D eigenvalue weighted by molar-refractivity contribution is 7.13. The predicted molar refractivity (Wildman–Crippen MR) is 352 cm³/mol. The maximum Gasteiger partial charge on any atom is 0.410 e. The molecule has 3 saturated heterocycles. The van der Waals surface area contributed by atoms with Gasteiger partial charge in [-0.05, 0) is 133 Å². The lowest BCUT2D eigenvalue weighted by Gasteiger charge is -2.30. The number of fused-ring (bicyclic) bond motifs is 2. The molecule has 4 N–H and O–H groups in total. The van der Waals surface area contributed by atoms with Gasteiger partial charge in [-0.15, -0.1) is 16.4 Å². The van der Waals surface area contributed by atoms with Crippen molar-refractivity contribution < 1.29 is 53.0 Å². The molecule has 21 nitrogen and oxygen atoms in total. The van der Waals surface area contributed by atoms with Crippen molar-refractivity contribution in [3.05, 3.63) is 118 Å². The monoisotopic (exact) mass is 1290 g/mol. The van der Waals surface area contributed by atoms with Gasteiger partial charge in [-0.25, -0.2) is 28.5 Å². The second-order valence-corrected chi connectivity index (χ2v) is 27.7. The second-order valence-electron chi connectivity index (χ2n) is 26.9. The standard InChI is InChI=1S/C70H84FN11O10S/c1-38(2)64(68(87)80-33-49(85)27-58(80)67(86)74-55(35-83)46-20-22-47(23-21-46)66-40(4)72-37-93-66)81-34-54(76-77-81)45-16-14-43(15-17-45)36-90-65-62(61-39(3)53(71)29-57-52(61)31-73-82(57)60-13-11-12-26-89-60)50(44-18-19-44)28-51-56(30-59(75-63(51)65)91-42(6)41(5)84)78(10)48-24-25-79(32-48)69(88)92-70(7,8)9/h14-17,20-23,28-31,34,37-38,41-42,44,48-49,55,58,60,64,83-85H,11-13,18-19,24-27,32-33,35-36H2,1-10H3,(H,74,86)/t41-,42-,48-,49+,55-,58-,60?,64-/m0/s1. The highest BCUT2D eigenvalue weighted by Gasteiger charge is 2.44. The number of halogens is 1. The number of hydrogen-bond donors (Lipinski definition) is 4. The van der Waals surface area contributed by atoms with Crippen molar-refractivity contribution in [2.45, 2.75) is 174 Å². The van der Waals surface area contributed by atoms with Crippen LogP contribution in [0.4, 0.5) is 14.9 Å². The molecule has 4 aliphatic rings. The summed E-state index contributed by atoms with van der Waals surface area (Å²) in [5, 5.41) is 50.6. The number of carbonyl (C=O) groups is 3. The Bertz CT molecular complexity index is 4040. The summed E-state index contributed by atoms with van der Waals surface area (Å²) < 4.78 is 46.1. The molecule has 3 amide bonds. The molecule has 12 rings (SSSR count). The number of amides is 3. The average Bonchev–Trinajstić information content (AvgIpc) is 1.70. The van der Waals surface area contributed by atoms with Crippen molar-refractivity contribution in [2.24, 2.45) is 5.92 Å². The highest BCUT2D eigenvalue weighted by Crippen LogP contribution is 2.54. The minimum atomic E-state index is -1.01. The Kier molecular flexibility index (Phi) is 18.7. The average molecular weight is 1290 g/mol. The van der Waals surface area contributed by atoms with Crippen molar-refractivity contribution in [3.63, 3.8) is 0 Å². The van der Waals surface area contributed by atoms with E-state index in [0.717, 1.165) is 75.8 Å². The molecule has 0 bridgehead atoms. The van der Waals surface area contributed by atoms with Crippen LogP contribution in [0.2, 0.25) is 0 Å². The number of nitrogens with zero attached hydrogens (tertiary/aromatic N) is 10. The van der Waals surface area contributed by atoms with Gasteiger partial charge in [0.2, 0.25) is 17.7 Å². The summed E-state index contributed by atoms with van der Waals surface area (Å²) in [6.45, 7) is 17.6. The summed E-state index contributed by atoms with van der Waals surface area (Å²) in [5.41, 5.74) is 10.3. The molecular formula is C70H84FN11O10S. The minimum absolute atomic E-state index is 0.0220. The normalized spacial score (nSPS) is 19.9. The van der Waals surface area contributed by atoms with E-state index in [4.69, 9.17) is 29.0 Å². The molecule has 4 aromatic heterocycles. The van der Waals surface area contributed by atoms with Crippen molar-refractivity contribution in [1.29, 1.82) is 0 Å². The Morgan fingerprint density at radius 3 is 2.35 bits per heavy atom. The molecule has 1 unspecified atom stereocenters. The van der Waals surface area contributed by atoms with E-state index in [9.17, 15) is 29.7 Å². The number of ether oxygens (including phenoxy) is 4. The van der Waals surface area contributed by atoms with Crippen LogP contribution in [0.25, 0.3) is 54.6 Å². The van der Waals surface area contributed by atoms with Crippen LogP contribution in [-0.2, 0) is 25.7 Å². The molecule has 492 valence electrons. The van der Waals surface area contributed by atoms with Crippen LogP contribution in [0.15, 0.2) is 84.6 Å². The Hall–Kier alpha value is -8.09. The van der Waals surface area contributed by atoms with Crippen LogP contribution in [-0.4, -0.2) is 154 Å². The van der Waals surface area contributed by atoms with Crippen LogP contribution in [0.3, 0.4) is 0 Å². The maximum absolute atomic E-state index is 17.0. The van der Waals surface area contributed by atoms with Crippen molar-refractivity contribution in [2.75, 3.05) is 44.8 Å². The van der Waals surface area contributed by atoms with E-state index in [1.807, 2.05) is 103 Å². The lowest BCUT2D eigenvalue weighted by Crippen LogP contribution is -2.50. The molecule has 1 aliphatic carbocycles. The third-order valence-corrected chi connectivity index (χ3v) is 19.5. The van der Waals surface area contributed by atoms with Crippen molar-refractivity contribution in [1.82, 2.24) is 49.9 Å². The molecule has 8 atom stereocenters. The van der Waals surface area contributed by atoms with Crippen LogP contribution in [0.1, 0.15) is 146 Å². The molecule has 8 aromatic rings. The summed E-state index contributed by atoms with van der Waals surface area (Å²) in [7, 11) is 2.01. The number of carbonyl (C=O) groups excluding carboxylic acids is 3. The van der Waals surface area contributed by atoms with E-state index < -0.39 is 59.7 Å². The number of β-amino-alcohol motifs (C(OH)–C–C–N with tert-alkyl or cyclic N) is 1. The number of hydrogen-bond acceptors (Lipinski definition) is 17. The van der Waals surface area contributed by atoms with E-state index in [0.29, 0.717) is 76.4 Å². The Balaban J connectivity index is 0.864. The first-order valence-electron chi connectivity index (χ1n) is 32.4. The van der Waals surface area contributed by atoms with E-state index in [1.165, 1.54) is 20.9 Å². The zero-order valence-electron chi connectivity index (χ0n) is 54.5. The molecule has 0 radical (unpaired) electrons. The number of rotatable bonds is 20. The molecule has 4 aromatic carbocycles. The number of aliphatic hydroxyl groups is 3. The van der Waals surface area contributed by atoms with Gasteiger partial charge in [-0.1, -0.05) is 67.6 Å². The molecule has 3 aliphatic heterocycles. The number of likely N-dealkylation sites (tertiary alicyclic amines) is 2. The van der Waals surface area contributed by atoms with Gasteiger partial charge in [0.1, 0.15) is 47.4 Å². The fourth-order valence-corrected chi connectivity index (χ4v) is 14.0.